The summed E-state index contributed by atoms with van der Waals surface area (Å²) in [5, 5.41) is 0. The van der Waals surface area contributed by atoms with Gasteiger partial charge in [0.2, 0.25) is 0 Å². The summed E-state index contributed by atoms with van der Waals surface area (Å²) in [7, 11) is 0. The Morgan fingerprint density at radius 2 is 1.50 bits per heavy atom. The minimum absolute atomic E-state index is 0.0551. The van der Waals surface area contributed by atoms with Gasteiger partial charge in [0.1, 0.15) is 5.82 Å². The van der Waals surface area contributed by atoms with E-state index in [9.17, 15) is 0 Å². The molecule has 0 aliphatic heterocycles. The van der Waals surface area contributed by atoms with Gasteiger partial charge in [-0.2, -0.15) is 0 Å². The number of aromatic nitrogens is 2. The van der Waals surface area contributed by atoms with E-state index in [-0.39, 0.29) is 21.8 Å². The minimum atomic E-state index is 0.0551. The highest BCUT2D eigenvalue weighted by Crippen LogP contribution is 2.48. The fraction of sp³-hybridized carbons (Fsp3) is 0.792. The van der Waals surface area contributed by atoms with Crippen molar-refractivity contribution in [3.8, 4) is 0 Å². The van der Waals surface area contributed by atoms with Crippen LogP contribution in [0.15, 0.2) is 17.8 Å². The normalized spacial score (nSPS) is 19.8. The first-order chi connectivity index (χ1) is 11.5. The topological polar surface area (TPSA) is 17.8 Å². The van der Waals surface area contributed by atoms with Gasteiger partial charge in [0.05, 0.1) is 5.69 Å². The summed E-state index contributed by atoms with van der Waals surface area (Å²) >= 11 is 0. The van der Waals surface area contributed by atoms with Crippen LogP contribution in [0.25, 0.3) is 0 Å². The largest absolute Gasteiger partial charge is 0.329 e. The van der Waals surface area contributed by atoms with Crippen molar-refractivity contribution in [1.29, 1.82) is 0 Å². The zero-order valence-corrected chi connectivity index (χ0v) is 19.2. The third-order valence-corrected chi connectivity index (χ3v) is 5.79. The molecular weight excluding hydrogens is 316 g/mol. The summed E-state index contributed by atoms with van der Waals surface area (Å²) in [6, 6.07) is 0. The average Bonchev–Trinajstić information content (AvgIpc) is 3.01. The predicted molar refractivity (Wildman–Crippen MR) is 114 cm³/mol. The van der Waals surface area contributed by atoms with Gasteiger partial charge < -0.3 is 4.57 Å². The van der Waals surface area contributed by atoms with E-state index in [1.54, 1.807) is 5.57 Å². The summed E-state index contributed by atoms with van der Waals surface area (Å²) in [5.74, 6) is 1.86. The van der Waals surface area contributed by atoms with Crippen molar-refractivity contribution in [3.63, 3.8) is 0 Å². The zero-order valence-electron chi connectivity index (χ0n) is 19.2. The number of imidazole rings is 1. The third-order valence-electron chi connectivity index (χ3n) is 5.79. The number of nitrogens with zero attached hydrogens (tertiary/aromatic N) is 2. The predicted octanol–water partition coefficient (Wildman–Crippen LogP) is 6.89. The second-order valence-electron chi connectivity index (χ2n) is 12.1. The Hall–Kier alpha value is -1.05. The fourth-order valence-corrected chi connectivity index (χ4v) is 4.49. The van der Waals surface area contributed by atoms with Crippen LogP contribution in [0, 0.1) is 16.7 Å². The molecule has 1 aromatic rings. The number of hydrogen-bond acceptors (Lipinski definition) is 1. The van der Waals surface area contributed by atoms with Crippen LogP contribution in [0.4, 0.5) is 0 Å². The molecule has 2 rings (SSSR count). The molecule has 0 saturated carbocycles. The minimum Gasteiger partial charge on any atom is -0.329 e. The van der Waals surface area contributed by atoms with Gasteiger partial charge in [-0.1, -0.05) is 67.0 Å². The van der Waals surface area contributed by atoms with Crippen molar-refractivity contribution in [3.05, 3.63) is 29.4 Å². The van der Waals surface area contributed by atoms with Gasteiger partial charge >= 0.3 is 0 Å². The lowest BCUT2D eigenvalue weighted by molar-refractivity contribution is 0.215. The third kappa shape index (κ3) is 4.43. The van der Waals surface area contributed by atoms with Crippen molar-refractivity contribution in [1.82, 2.24) is 9.55 Å². The molecule has 0 aromatic carbocycles. The smallest absolute Gasteiger partial charge is 0.114 e. The van der Waals surface area contributed by atoms with Gasteiger partial charge in [-0.15, -0.1) is 0 Å². The van der Waals surface area contributed by atoms with Gasteiger partial charge in [0, 0.05) is 17.2 Å². The van der Waals surface area contributed by atoms with Crippen LogP contribution in [0.1, 0.15) is 101 Å². The molecule has 1 aliphatic rings. The van der Waals surface area contributed by atoms with E-state index >= 15 is 0 Å². The SMILES string of the molecule is CC(C)(C)C1=CCCC1C(C)(C)Cc1cn(C(C)(C)C)c(C(C)(C)C)n1. The van der Waals surface area contributed by atoms with E-state index in [1.165, 1.54) is 24.4 Å². The van der Waals surface area contributed by atoms with Crippen molar-refractivity contribution in [2.75, 3.05) is 0 Å². The first kappa shape index (κ1) is 21.3. The van der Waals surface area contributed by atoms with Crippen LogP contribution >= 0.6 is 0 Å². The molecule has 0 N–H and O–H groups in total. The summed E-state index contributed by atoms with van der Waals surface area (Å²) < 4.78 is 2.40. The Morgan fingerprint density at radius 3 is 1.92 bits per heavy atom. The molecule has 1 atom stereocenters. The Bertz CT molecular complexity index is 635. The van der Waals surface area contributed by atoms with E-state index in [4.69, 9.17) is 4.98 Å². The average molecular weight is 359 g/mol. The zero-order chi connectivity index (χ0) is 20.1. The maximum Gasteiger partial charge on any atom is 0.114 e. The molecule has 0 fully saturated rings. The molecule has 1 unspecified atom stereocenters. The van der Waals surface area contributed by atoms with Gasteiger partial charge in [0.25, 0.3) is 0 Å². The first-order valence-corrected chi connectivity index (χ1v) is 10.3. The number of rotatable bonds is 3. The maximum absolute atomic E-state index is 5.14. The lowest BCUT2D eigenvalue weighted by Crippen LogP contribution is -2.30. The van der Waals surface area contributed by atoms with Crippen LogP contribution in [0.5, 0.6) is 0 Å². The summed E-state index contributed by atoms with van der Waals surface area (Å²) in [4.78, 5) is 5.14. The van der Waals surface area contributed by atoms with Gasteiger partial charge in [-0.3, -0.25) is 0 Å². The molecular formula is C24H42N2. The lowest BCUT2D eigenvalue weighted by Gasteiger charge is -2.38. The number of hydrogen-bond donors (Lipinski definition) is 0. The standard InChI is InChI=1S/C24H42N2/c1-21(2,3)18-13-12-14-19(18)24(10,11)15-17-16-26(23(7,8)9)20(25-17)22(4,5)6/h13,16,19H,12,14-15H2,1-11H3. The molecule has 2 heteroatoms. The molecule has 0 spiro atoms. The van der Waals surface area contributed by atoms with Crippen molar-refractivity contribution in [2.24, 2.45) is 16.7 Å². The maximum atomic E-state index is 5.14. The summed E-state index contributed by atoms with van der Waals surface area (Å²) in [6.45, 7) is 25.6. The summed E-state index contributed by atoms with van der Waals surface area (Å²) in [5.41, 5.74) is 3.49. The van der Waals surface area contributed by atoms with Gasteiger partial charge in [-0.25, -0.2) is 4.98 Å². The molecule has 0 bridgehead atoms. The van der Waals surface area contributed by atoms with Crippen LogP contribution < -0.4 is 0 Å². The molecule has 0 amide bonds. The van der Waals surface area contributed by atoms with E-state index < -0.39 is 0 Å². The molecule has 26 heavy (non-hydrogen) atoms. The Kier molecular flexibility index (Phi) is 5.34. The van der Waals surface area contributed by atoms with Crippen LogP contribution in [0.2, 0.25) is 0 Å². The highest BCUT2D eigenvalue weighted by molar-refractivity contribution is 5.23. The van der Waals surface area contributed by atoms with Crippen LogP contribution in [0.3, 0.4) is 0 Å². The highest BCUT2D eigenvalue weighted by Gasteiger charge is 2.39. The molecule has 0 saturated heterocycles. The van der Waals surface area contributed by atoms with E-state index in [0.717, 1.165) is 6.42 Å². The lowest BCUT2D eigenvalue weighted by atomic mass is 9.67. The monoisotopic (exact) mass is 358 g/mol. The Morgan fingerprint density at radius 1 is 0.923 bits per heavy atom. The van der Waals surface area contributed by atoms with E-state index in [0.29, 0.717) is 5.92 Å². The molecule has 1 aromatic heterocycles. The fourth-order valence-electron chi connectivity index (χ4n) is 4.49. The Labute approximate surface area is 162 Å². The van der Waals surface area contributed by atoms with E-state index in [1.807, 2.05) is 0 Å². The molecule has 148 valence electrons. The molecule has 2 nitrogen and oxygen atoms in total. The highest BCUT2D eigenvalue weighted by atomic mass is 15.1. The van der Waals surface area contributed by atoms with E-state index in [2.05, 4.69) is 93.0 Å². The van der Waals surface area contributed by atoms with Gasteiger partial charge in [0.15, 0.2) is 0 Å². The van der Waals surface area contributed by atoms with Crippen molar-refractivity contribution >= 4 is 0 Å². The van der Waals surface area contributed by atoms with Crippen molar-refractivity contribution in [2.45, 2.75) is 106 Å². The summed E-state index contributed by atoms with van der Waals surface area (Å²) in [6.07, 6.45) is 8.37. The molecule has 0 radical (unpaired) electrons. The number of allylic oxidation sites excluding steroid dienone is 2. The second-order valence-corrected chi connectivity index (χ2v) is 12.1. The molecule has 1 aliphatic carbocycles. The molecule has 1 heterocycles. The van der Waals surface area contributed by atoms with Crippen molar-refractivity contribution < 1.29 is 0 Å². The second kappa shape index (κ2) is 6.53. The quantitative estimate of drug-likeness (QED) is 0.538. The first-order valence-electron chi connectivity index (χ1n) is 10.3. The van der Waals surface area contributed by atoms with Crippen LogP contribution in [-0.2, 0) is 17.4 Å². The van der Waals surface area contributed by atoms with Crippen LogP contribution in [-0.4, -0.2) is 9.55 Å². The van der Waals surface area contributed by atoms with Gasteiger partial charge in [-0.05, 0) is 56.8 Å². The Balaban J connectivity index is 2.36.